The second kappa shape index (κ2) is 8.28. The maximum atomic E-state index is 13.1. The van der Waals surface area contributed by atoms with Crippen LogP contribution in [0.25, 0.3) is 21.0 Å². The summed E-state index contributed by atoms with van der Waals surface area (Å²) in [7, 11) is -1.79. The molecular weight excluding hydrogens is 432 g/mol. The molecule has 0 saturated carbocycles. The van der Waals surface area contributed by atoms with Crippen molar-refractivity contribution < 1.29 is 17.9 Å². The van der Waals surface area contributed by atoms with E-state index in [1.54, 1.807) is 24.3 Å². The molecule has 0 aliphatic carbocycles. The molecule has 1 aromatic heterocycles. The van der Waals surface area contributed by atoms with Crippen molar-refractivity contribution in [2.75, 3.05) is 13.4 Å². The Balaban J connectivity index is 1.89. The van der Waals surface area contributed by atoms with Gasteiger partial charge in [-0.15, -0.1) is 0 Å². The van der Waals surface area contributed by atoms with Gasteiger partial charge in [0.05, 0.1) is 27.8 Å². The standard InChI is InChI=1S/C23H22N2O4S2/c1-4-11-25-19-10-9-17(31(3,27)28)14-21(19)30-23(25)24-22(26)18-12-15-7-5-6-8-16(15)13-20(18)29-2/h5-10,12-14H,4,11H2,1-3H3. The average Bonchev–Trinajstić information content (AvgIpc) is 3.08. The minimum atomic E-state index is -3.32. The fourth-order valence-corrected chi connectivity index (χ4v) is 5.33. The highest BCUT2D eigenvalue weighted by Gasteiger charge is 2.16. The number of rotatable bonds is 5. The maximum Gasteiger partial charge on any atom is 0.283 e. The first-order valence-electron chi connectivity index (χ1n) is 9.81. The molecule has 0 fully saturated rings. The Morgan fingerprint density at radius 2 is 1.81 bits per heavy atom. The number of benzene rings is 3. The fourth-order valence-electron chi connectivity index (χ4n) is 3.51. The molecule has 1 heterocycles. The van der Waals surface area contributed by atoms with Crippen molar-refractivity contribution in [3.05, 3.63) is 65.0 Å². The Kier molecular flexibility index (Phi) is 5.68. The van der Waals surface area contributed by atoms with Gasteiger partial charge in [-0.05, 0) is 47.5 Å². The van der Waals surface area contributed by atoms with E-state index in [2.05, 4.69) is 4.99 Å². The second-order valence-corrected chi connectivity index (χ2v) is 10.3. The molecule has 0 saturated heterocycles. The number of ether oxygens (including phenoxy) is 1. The van der Waals surface area contributed by atoms with Crippen LogP contribution in [0.4, 0.5) is 0 Å². The van der Waals surface area contributed by atoms with E-state index in [0.717, 1.165) is 27.4 Å². The van der Waals surface area contributed by atoms with Crippen molar-refractivity contribution in [2.45, 2.75) is 24.8 Å². The summed E-state index contributed by atoms with van der Waals surface area (Å²) in [5.41, 5.74) is 1.25. The van der Waals surface area contributed by atoms with Gasteiger partial charge in [0, 0.05) is 12.8 Å². The van der Waals surface area contributed by atoms with Crippen LogP contribution < -0.4 is 9.54 Å². The normalized spacial score (nSPS) is 12.5. The monoisotopic (exact) mass is 454 g/mol. The van der Waals surface area contributed by atoms with Crippen molar-refractivity contribution in [1.29, 1.82) is 0 Å². The molecule has 4 rings (SSSR count). The number of aromatic nitrogens is 1. The van der Waals surface area contributed by atoms with Crippen LogP contribution in [0.15, 0.2) is 64.5 Å². The molecular formula is C23H22N2O4S2. The maximum absolute atomic E-state index is 13.1. The van der Waals surface area contributed by atoms with E-state index in [1.807, 2.05) is 41.8 Å². The molecule has 0 aliphatic rings. The Morgan fingerprint density at radius 3 is 2.45 bits per heavy atom. The molecule has 31 heavy (non-hydrogen) atoms. The molecule has 0 unspecified atom stereocenters. The highest BCUT2D eigenvalue weighted by atomic mass is 32.2. The van der Waals surface area contributed by atoms with Gasteiger partial charge in [-0.25, -0.2) is 8.42 Å². The highest BCUT2D eigenvalue weighted by Crippen LogP contribution is 2.27. The SMILES string of the molecule is CCCn1c(=NC(=O)c2cc3ccccc3cc2OC)sc2cc(S(C)(=O)=O)ccc21. The van der Waals surface area contributed by atoms with Crippen LogP contribution >= 0.6 is 11.3 Å². The van der Waals surface area contributed by atoms with Crippen LogP contribution in [0, 0.1) is 0 Å². The molecule has 0 radical (unpaired) electrons. The molecule has 1 amide bonds. The molecule has 160 valence electrons. The van der Waals surface area contributed by atoms with E-state index in [1.165, 1.54) is 24.7 Å². The molecule has 3 aromatic carbocycles. The number of sulfone groups is 1. The van der Waals surface area contributed by atoms with Gasteiger partial charge in [0.25, 0.3) is 5.91 Å². The van der Waals surface area contributed by atoms with E-state index >= 15 is 0 Å². The molecule has 0 N–H and O–H groups in total. The number of carbonyl (C=O) groups is 1. The summed E-state index contributed by atoms with van der Waals surface area (Å²) in [4.78, 5) is 18.3. The zero-order valence-electron chi connectivity index (χ0n) is 17.5. The lowest BCUT2D eigenvalue weighted by atomic mass is 10.1. The van der Waals surface area contributed by atoms with E-state index in [4.69, 9.17) is 4.74 Å². The number of nitrogens with zero attached hydrogens (tertiary/aromatic N) is 2. The predicted octanol–water partition coefficient (Wildman–Crippen LogP) is 4.42. The highest BCUT2D eigenvalue weighted by molar-refractivity contribution is 7.90. The van der Waals surface area contributed by atoms with Crippen molar-refractivity contribution in [2.24, 2.45) is 4.99 Å². The number of methoxy groups -OCH3 is 1. The van der Waals surface area contributed by atoms with Gasteiger partial charge in [0.15, 0.2) is 14.6 Å². The zero-order chi connectivity index (χ0) is 22.2. The number of amides is 1. The van der Waals surface area contributed by atoms with Gasteiger partial charge in [0.2, 0.25) is 0 Å². The topological polar surface area (TPSA) is 77.7 Å². The van der Waals surface area contributed by atoms with Gasteiger partial charge >= 0.3 is 0 Å². The largest absolute Gasteiger partial charge is 0.496 e. The molecule has 8 heteroatoms. The number of thiazole rings is 1. The quantitative estimate of drug-likeness (QED) is 0.447. The van der Waals surface area contributed by atoms with E-state index in [9.17, 15) is 13.2 Å². The van der Waals surface area contributed by atoms with Crippen LogP contribution in [0.5, 0.6) is 5.75 Å². The molecule has 0 atom stereocenters. The lowest BCUT2D eigenvalue weighted by molar-refractivity contribution is 0.0995. The lowest BCUT2D eigenvalue weighted by Gasteiger charge is -2.08. The zero-order valence-corrected chi connectivity index (χ0v) is 19.1. The third-order valence-corrected chi connectivity index (χ3v) is 7.18. The summed E-state index contributed by atoms with van der Waals surface area (Å²) in [6.07, 6.45) is 2.03. The van der Waals surface area contributed by atoms with Gasteiger partial charge < -0.3 is 9.30 Å². The van der Waals surface area contributed by atoms with Gasteiger partial charge in [0.1, 0.15) is 5.75 Å². The number of aryl methyl sites for hydroxylation is 1. The molecule has 0 aliphatic heterocycles. The van der Waals surface area contributed by atoms with Crippen molar-refractivity contribution in [3.63, 3.8) is 0 Å². The van der Waals surface area contributed by atoms with Crippen LogP contribution in [-0.2, 0) is 16.4 Å². The van der Waals surface area contributed by atoms with Gasteiger partial charge in [-0.1, -0.05) is 42.5 Å². The first kappa shape index (κ1) is 21.3. The van der Waals surface area contributed by atoms with Crippen LogP contribution in [-0.4, -0.2) is 32.3 Å². The Morgan fingerprint density at radius 1 is 1.10 bits per heavy atom. The Labute approximate surface area is 184 Å². The first-order chi connectivity index (χ1) is 14.8. The summed E-state index contributed by atoms with van der Waals surface area (Å²) >= 11 is 1.30. The molecule has 4 aromatic rings. The predicted molar refractivity (Wildman–Crippen MR) is 124 cm³/mol. The summed E-state index contributed by atoms with van der Waals surface area (Å²) < 4.78 is 32.1. The van der Waals surface area contributed by atoms with Crippen molar-refractivity contribution >= 4 is 48.1 Å². The number of carbonyl (C=O) groups excluding carboxylic acids is 1. The third-order valence-electron chi connectivity index (χ3n) is 5.02. The lowest BCUT2D eigenvalue weighted by Crippen LogP contribution is -2.17. The summed E-state index contributed by atoms with van der Waals surface area (Å²) in [5, 5.41) is 1.91. The second-order valence-electron chi connectivity index (χ2n) is 7.25. The Hall–Kier alpha value is -2.97. The average molecular weight is 455 g/mol. The van der Waals surface area contributed by atoms with Gasteiger partial charge in [-0.2, -0.15) is 4.99 Å². The van der Waals surface area contributed by atoms with Crippen molar-refractivity contribution in [3.8, 4) is 5.75 Å². The van der Waals surface area contributed by atoms with Gasteiger partial charge in [-0.3, -0.25) is 4.79 Å². The van der Waals surface area contributed by atoms with Crippen LogP contribution in [0.2, 0.25) is 0 Å². The molecule has 6 nitrogen and oxygen atoms in total. The fraction of sp³-hybridized carbons (Fsp3) is 0.217. The number of fused-ring (bicyclic) bond motifs is 2. The van der Waals surface area contributed by atoms with E-state index in [0.29, 0.717) is 22.7 Å². The third kappa shape index (κ3) is 4.13. The van der Waals surface area contributed by atoms with E-state index in [-0.39, 0.29) is 4.90 Å². The number of hydrogen-bond donors (Lipinski definition) is 0. The van der Waals surface area contributed by atoms with Crippen molar-refractivity contribution in [1.82, 2.24) is 4.57 Å². The summed E-state index contributed by atoms with van der Waals surface area (Å²) in [6.45, 7) is 2.71. The minimum absolute atomic E-state index is 0.249. The first-order valence-corrected chi connectivity index (χ1v) is 12.5. The molecule has 0 bridgehead atoms. The Bertz CT molecular complexity index is 1480. The smallest absolute Gasteiger partial charge is 0.283 e. The van der Waals surface area contributed by atoms with E-state index < -0.39 is 15.7 Å². The van der Waals surface area contributed by atoms with Crippen LogP contribution in [0.1, 0.15) is 23.7 Å². The number of hydrogen-bond acceptors (Lipinski definition) is 5. The summed E-state index contributed by atoms with van der Waals surface area (Å²) in [6, 6.07) is 16.4. The summed E-state index contributed by atoms with van der Waals surface area (Å²) in [5.74, 6) is 0.0670. The van der Waals surface area contributed by atoms with Crippen LogP contribution in [0.3, 0.4) is 0 Å². The molecule has 0 spiro atoms. The minimum Gasteiger partial charge on any atom is -0.496 e.